The van der Waals surface area contributed by atoms with Crippen LogP contribution in [-0.4, -0.2) is 54.5 Å². The van der Waals surface area contributed by atoms with Crippen LogP contribution in [0, 0.1) is 12.8 Å². The van der Waals surface area contributed by atoms with Crippen LogP contribution in [0.4, 0.5) is 0 Å². The molecule has 32 heavy (non-hydrogen) atoms. The number of amides is 1. The van der Waals surface area contributed by atoms with Gasteiger partial charge < -0.3 is 5.32 Å². The Bertz CT molecular complexity index is 927. The second-order valence-electron chi connectivity index (χ2n) is 9.28. The normalized spacial score (nSPS) is 20.9. The van der Waals surface area contributed by atoms with E-state index in [4.69, 9.17) is 23.2 Å². The molecule has 2 aliphatic heterocycles. The third-order valence-electron chi connectivity index (χ3n) is 6.96. The summed E-state index contributed by atoms with van der Waals surface area (Å²) >= 11 is 12.2. The molecule has 2 saturated heterocycles. The van der Waals surface area contributed by atoms with Crippen LogP contribution < -0.4 is 5.32 Å². The van der Waals surface area contributed by atoms with Crippen LogP contribution in [-0.2, 0) is 6.54 Å². The number of hydrogen-bond acceptors (Lipinski definition) is 3. The Morgan fingerprint density at radius 3 is 2.56 bits per heavy atom. The molecule has 0 spiro atoms. The summed E-state index contributed by atoms with van der Waals surface area (Å²) in [7, 11) is 0. The molecule has 4 rings (SSSR count). The zero-order valence-electron chi connectivity index (χ0n) is 18.8. The third kappa shape index (κ3) is 6.05. The van der Waals surface area contributed by atoms with Crippen LogP contribution in [0.2, 0.25) is 10.0 Å². The summed E-state index contributed by atoms with van der Waals surface area (Å²) in [5.74, 6) is 0.585. The molecule has 1 atom stereocenters. The minimum Gasteiger partial charge on any atom is -0.352 e. The molecule has 2 aromatic rings. The van der Waals surface area contributed by atoms with E-state index in [2.05, 4.69) is 21.2 Å². The lowest BCUT2D eigenvalue weighted by Crippen LogP contribution is -2.49. The van der Waals surface area contributed by atoms with Gasteiger partial charge in [-0.2, -0.15) is 0 Å². The summed E-state index contributed by atoms with van der Waals surface area (Å²) in [5.41, 5.74) is 3.04. The van der Waals surface area contributed by atoms with Crippen LogP contribution in [0.3, 0.4) is 0 Å². The highest BCUT2D eigenvalue weighted by Crippen LogP contribution is 2.26. The number of likely N-dealkylation sites (tertiary alicyclic amines) is 2. The average molecular weight is 474 g/mol. The molecule has 4 nitrogen and oxygen atoms in total. The molecule has 0 bridgehead atoms. The van der Waals surface area contributed by atoms with Crippen molar-refractivity contribution in [2.24, 2.45) is 5.92 Å². The fourth-order valence-corrected chi connectivity index (χ4v) is 5.41. The maximum Gasteiger partial charge on any atom is 0.251 e. The van der Waals surface area contributed by atoms with Crippen molar-refractivity contribution in [1.82, 2.24) is 15.1 Å². The minimum absolute atomic E-state index is 0.0517. The molecule has 1 amide bonds. The molecule has 2 heterocycles. The maximum atomic E-state index is 12.6. The van der Waals surface area contributed by atoms with Crippen molar-refractivity contribution < 1.29 is 4.79 Å². The average Bonchev–Trinajstić information content (AvgIpc) is 2.81. The number of halogens is 2. The number of rotatable bonds is 6. The van der Waals surface area contributed by atoms with E-state index >= 15 is 0 Å². The summed E-state index contributed by atoms with van der Waals surface area (Å²) in [6, 6.07) is 14.4. The Balaban J connectivity index is 1.23. The molecule has 0 aliphatic carbocycles. The van der Waals surface area contributed by atoms with E-state index in [0.29, 0.717) is 22.0 Å². The van der Waals surface area contributed by atoms with Gasteiger partial charge in [0.25, 0.3) is 5.91 Å². The maximum absolute atomic E-state index is 12.6. The summed E-state index contributed by atoms with van der Waals surface area (Å²) in [4.78, 5) is 17.8. The first-order valence-electron chi connectivity index (χ1n) is 11.7. The van der Waals surface area contributed by atoms with E-state index in [0.717, 1.165) is 43.9 Å². The van der Waals surface area contributed by atoms with E-state index < -0.39 is 0 Å². The van der Waals surface area contributed by atoms with Crippen molar-refractivity contribution in [3.05, 3.63) is 69.2 Å². The van der Waals surface area contributed by atoms with Crippen molar-refractivity contribution >= 4 is 29.1 Å². The number of hydrogen-bond donors (Lipinski definition) is 1. The highest BCUT2D eigenvalue weighted by molar-refractivity contribution is 6.42. The highest BCUT2D eigenvalue weighted by Gasteiger charge is 2.29. The Morgan fingerprint density at radius 1 is 1.03 bits per heavy atom. The van der Waals surface area contributed by atoms with Gasteiger partial charge in [-0.1, -0.05) is 47.5 Å². The molecule has 1 unspecified atom stereocenters. The molecule has 2 fully saturated rings. The Morgan fingerprint density at radius 2 is 1.81 bits per heavy atom. The number of carbonyl (C=O) groups excluding carboxylic acids is 1. The van der Waals surface area contributed by atoms with Gasteiger partial charge in [0.15, 0.2) is 0 Å². The Hall–Kier alpha value is -1.59. The molecule has 0 radical (unpaired) electrons. The van der Waals surface area contributed by atoms with Gasteiger partial charge in [-0.05, 0) is 87.5 Å². The first kappa shape index (κ1) is 23.6. The fourth-order valence-electron chi connectivity index (χ4n) is 5.09. The first-order valence-corrected chi connectivity index (χ1v) is 12.5. The number of carbonyl (C=O) groups is 1. The van der Waals surface area contributed by atoms with E-state index in [-0.39, 0.29) is 5.91 Å². The molecular weight excluding hydrogens is 441 g/mol. The lowest BCUT2D eigenvalue weighted by molar-refractivity contribution is 0.0675. The number of benzene rings is 2. The lowest BCUT2D eigenvalue weighted by atomic mass is 9.93. The Kier molecular flexibility index (Phi) is 8.12. The highest BCUT2D eigenvalue weighted by atomic mass is 35.5. The fraction of sp³-hybridized carbons (Fsp3) is 0.500. The predicted octanol–water partition coefficient (Wildman–Crippen LogP) is 5.41. The van der Waals surface area contributed by atoms with Gasteiger partial charge in [-0.3, -0.25) is 14.6 Å². The van der Waals surface area contributed by atoms with Gasteiger partial charge in [0.05, 0.1) is 10.0 Å². The van der Waals surface area contributed by atoms with Gasteiger partial charge >= 0.3 is 0 Å². The lowest BCUT2D eigenvalue weighted by Gasteiger charge is -2.42. The largest absolute Gasteiger partial charge is 0.352 e. The van der Waals surface area contributed by atoms with Crippen molar-refractivity contribution in [3.63, 3.8) is 0 Å². The van der Waals surface area contributed by atoms with Crippen molar-refractivity contribution in [2.45, 2.75) is 45.2 Å². The van der Waals surface area contributed by atoms with Crippen LogP contribution in [0.25, 0.3) is 0 Å². The quantitative estimate of drug-likeness (QED) is 0.608. The zero-order chi connectivity index (χ0) is 22.5. The van der Waals surface area contributed by atoms with Gasteiger partial charge in [0.2, 0.25) is 0 Å². The van der Waals surface area contributed by atoms with Crippen molar-refractivity contribution in [3.8, 4) is 0 Å². The third-order valence-corrected chi connectivity index (χ3v) is 7.69. The van der Waals surface area contributed by atoms with E-state index in [1.54, 1.807) is 0 Å². The first-order chi connectivity index (χ1) is 15.5. The Labute approximate surface area is 201 Å². The monoisotopic (exact) mass is 473 g/mol. The number of piperidine rings is 2. The van der Waals surface area contributed by atoms with Gasteiger partial charge in [-0.25, -0.2) is 0 Å². The van der Waals surface area contributed by atoms with Gasteiger partial charge in [0.1, 0.15) is 0 Å². The number of aryl methyl sites for hydroxylation is 1. The second-order valence-corrected chi connectivity index (χ2v) is 10.1. The standard InChI is InChI=1S/C26H33Cl2N3O/c1-19-5-2-3-7-23(19)26(32)29-16-21-6-4-12-31(18-21)22-10-13-30(14-11-22)17-20-8-9-24(27)25(28)15-20/h2-3,5,7-9,15,21-22H,4,6,10-14,16-18H2,1H3,(H,29,32). The van der Waals surface area contributed by atoms with Gasteiger partial charge in [-0.15, -0.1) is 0 Å². The van der Waals surface area contributed by atoms with Crippen LogP contribution in [0.5, 0.6) is 0 Å². The summed E-state index contributed by atoms with van der Waals surface area (Å²) in [6.07, 6.45) is 4.81. The number of nitrogens with zero attached hydrogens (tertiary/aromatic N) is 2. The van der Waals surface area contributed by atoms with Crippen molar-refractivity contribution in [1.29, 1.82) is 0 Å². The van der Waals surface area contributed by atoms with Crippen LogP contribution in [0.15, 0.2) is 42.5 Å². The van der Waals surface area contributed by atoms with Crippen LogP contribution in [0.1, 0.15) is 47.2 Å². The molecule has 1 N–H and O–H groups in total. The van der Waals surface area contributed by atoms with Gasteiger partial charge in [0, 0.05) is 31.2 Å². The predicted molar refractivity (Wildman–Crippen MR) is 133 cm³/mol. The topological polar surface area (TPSA) is 35.6 Å². The van der Waals surface area contributed by atoms with Crippen LogP contribution >= 0.6 is 23.2 Å². The number of nitrogens with one attached hydrogen (secondary N) is 1. The molecule has 2 aliphatic rings. The zero-order valence-corrected chi connectivity index (χ0v) is 20.3. The smallest absolute Gasteiger partial charge is 0.251 e. The molecular formula is C26H33Cl2N3O. The molecule has 6 heteroatoms. The van der Waals surface area contributed by atoms with E-state index in [1.165, 1.54) is 37.8 Å². The molecule has 0 saturated carbocycles. The van der Waals surface area contributed by atoms with Crippen molar-refractivity contribution in [2.75, 3.05) is 32.7 Å². The molecule has 172 valence electrons. The molecule has 0 aromatic heterocycles. The summed E-state index contributed by atoms with van der Waals surface area (Å²) in [6.45, 7) is 8.17. The minimum atomic E-state index is 0.0517. The second kappa shape index (κ2) is 11.0. The van der Waals surface area contributed by atoms with E-state index in [9.17, 15) is 4.79 Å². The SMILES string of the molecule is Cc1ccccc1C(=O)NCC1CCCN(C2CCN(Cc3ccc(Cl)c(Cl)c3)CC2)C1. The summed E-state index contributed by atoms with van der Waals surface area (Å²) in [5, 5.41) is 4.43. The summed E-state index contributed by atoms with van der Waals surface area (Å²) < 4.78 is 0. The van der Waals surface area contributed by atoms with E-state index in [1.807, 2.05) is 43.3 Å². The molecule has 2 aromatic carbocycles.